The molecule has 0 fully saturated rings. The van der Waals surface area contributed by atoms with Crippen molar-refractivity contribution in [2.24, 2.45) is 0 Å². The zero-order valence-electron chi connectivity index (χ0n) is 15.8. The van der Waals surface area contributed by atoms with E-state index in [1.807, 2.05) is 41.1 Å². The van der Waals surface area contributed by atoms with Gasteiger partial charge in [-0.2, -0.15) is 0 Å². The second-order valence-electron chi connectivity index (χ2n) is 6.57. The molecule has 1 amide bonds. The molecule has 9 heteroatoms. The average Bonchev–Trinajstić information content (AvgIpc) is 3.48. The monoisotopic (exact) mass is 438 g/mol. The number of fused-ring (bicyclic) bond motifs is 1. The maximum absolute atomic E-state index is 12.8. The zero-order chi connectivity index (χ0) is 20.7. The van der Waals surface area contributed by atoms with Crippen molar-refractivity contribution in [2.75, 3.05) is 12.1 Å². The molecule has 2 aromatic heterocycles. The lowest BCUT2D eigenvalue weighted by molar-refractivity contribution is 0.102. The Labute approximate surface area is 180 Å². The van der Waals surface area contributed by atoms with Gasteiger partial charge in [0.25, 0.3) is 5.91 Å². The molecule has 30 heavy (non-hydrogen) atoms. The van der Waals surface area contributed by atoms with Crippen LogP contribution < -0.4 is 14.8 Å². The summed E-state index contributed by atoms with van der Waals surface area (Å²) in [6, 6.07) is 12.6. The highest BCUT2D eigenvalue weighted by Crippen LogP contribution is 2.33. The number of carbonyl (C=O) groups is 1. The van der Waals surface area contributed by atoms with E-state index in [1.165, 1.54) is 11.3 Å². The third-order valence-electron chi connectivity index (χ3n) is 4.64. The summed E-state index contributed by atoms with van der Waals surface area (Å²) >= 11 is 7.44. The van der Waals surface area contributed by atoms with Crippen LogP contribution in [0.15, 0.2) is 54.0 Å². The topological polar surface area (TPSA) is 78.3 Å². The van der Waals surface area contributed by atoms with Crippen LogP contribution in [0.5, 0.6) is 11.5 Å². The summed E-state index contributed by atoms with van der Waals surface area (Å²) in [5, 5.41) is 6.25. The van der Waals surface area contributed by atoms with Gasteiger partial charge in [0.2, 0.25) is 6.79 Å². The number of nitrogens with zero attached hydrogens (tertiary/aromatic N) is 3. The van der Waals surface area contributed by atoms with Crippen LogP contribution >= 0.6 is 22.9 Å². The van der Waals surface area contributed by atoms with Gasteiger partial charge in [-0.15, -0.1) is 11.3 Å². The molecule has 0 unspecified atom stereocenters. The smallest absolute Gasteiger partial charge is 0.256 e. The van der Waals surface area contributed by atoms with Crippen molar-refractivity contribution in [1.82, 2.24) is 14.5 Å². The van der Waals surface area contributed by atoms with Gasteiger partial charge < -0.3 is 14.8 Å². The van der Waals surface area contributed by atoms with Crippen LogP contribution in [-0.2, 0) is 0 Å². The Morgan fingerprint density at radius 3 is 2.80 bits per heavy atom. The number of ether oxygens (including phenoxy) is 2. The molecule has 0 aliphatic carbocycles. The lowest BCUT2D eigenvalue weighted by atomic mass is 10.2. The van der Waals surface area contributed by atoms with E-state index in [4.69, 9.17) is 26.1 Å². The largest absolute Gasteiger partial charge is 0.454 e. The van der Waals surface area contributed by atoms with Crippen molar-refractivity contribution in [3.63, 3.8) is 0 Å². The molecular formula is C21H15ClN4O3S. The van der Waals surface area contributed by atoms with Crippen LogP contribution in [0.2, 0.25) is 5.02 Å². The first kappa shape index (κ1) is 18.7. The van der Waals surface area contributed by atoms with Gasteiger partial charge in [-0.3, -0.25) is 9.36 Å². The van der Waals surface area contributed by atoms with E-state index in [0.29, 0.717) is 38.9 Å². The minimum Gasteiger partial charge on any atom is -0.454 e. The number of benzene rings is 2. The van der Waals surface area contributed by atoms with E-state index in [0.717, 1.165) is 11.3 Å². The van der Waals surface area contributed by atoms with Crippen LogP contribution in [0.25, 0.3) is 16.4 Å². The number of hydrogen-bond donors (Lipinski definition) is 1. The average molecular weight is 439 g/mol. The molecule has 2 aromatic carbocycles. The SMILES string of the molecule is Cc1ncc(NC(=O)c2ccc3c(c2)OCO3)n1-c1nc(-c2ccc(Cl)cc2)cs1. The van der Waals surface area contributed by atoms with Crippen molar-refractivity contribution < 1.29 is 14.3 Å². The van der Waals surface area contributed by atoms with Gasteiger partial charge in [0.15, 0.2) is 16.6 Å². The van der Waals surface area contributed by atoms with Gasteiger partial charge in [0.05, 0.1) is 11.9 Å². The van der Waals surface area contributed by atoms with Crippen LogP contribution in [0.4, 0.5) is 5.82 Å². The van der Waals surface area contributed by atoms with Gasteiger partial charge in [-0.05, 0) is 37.3 Å². The highest BCUT2D eigenvalue weighted by molar-refractivity contribution is 7.12. The molecule has 0 saturated heterocycles. The first-order chi connectivity index (χ1) is 14.6. The predicted octanol–water partition coefficient (Wildman–Crippen LogP) is 4.94. The minimum absolute atomic E-state index is 0.159. The normalized spacial score (nSPS) is 12.2. The fourth-order valence-electron chi connectivity index (χ4n) is 3.12. The van der Waals surface area contributed by atoms with E-state index in [1.54, 1.807) is 24.4 Å². The summed E-state index contributed by atoms with van der Waals surface area (Å²) in [4.78, 5) is 21.8. The van der Waals surface area contributed by atoms with E-state index >= 15 is 0 Å². The Morgan fingerprint density at radius 1 is 1.17 bits per heavy atom. The molecule has 4 aromatic rings. The predicted molar refractivity (Wildman–Crippen MR) is 115 cm³/mol. The third-order valence-corrected chi connectivity index (χ3v) is 5.72. The second-order valence-corrected chi connectivity index (χ2v) is 7.84. The molecular weight excluding hydrogens is 424 g/mol. The van der Waals surface area contributed by atoms with Crippen LogP contribution in [0.3, 0.4) is 0 Å². The quantitative estimate of drug-likeness (QED) is 0.488. The molecule has 0 bridgehead atoms. The maximum Gasteiger partial charge on any atom is 0.256 e. The molecule has 1 aliphatic heterocycles. The highest BCUT2D eigenvalue weighted by Gasteiger charge is 2.19. The van der Waals surface area contributed by atoms with Gasteiger partial charge in [-0.1, -0.05) is 23.7 Å². The van der Waals surface area contributed by atoms with Crippen LogP contribution in [-0.4, -0.2) is 27.2 Å². The first-order valence-electron chi connectivity index (χ1n) is 9.06. The van der Waals surface area contributed by atoms with Gasteiger partial charge >= 0.3 is 0 Å². The summed E-state index contributed by atoms with van der Waals surface area (Å²) in [5.41, 5.74) is 2.25. The lowest BCUT2D eigenvalue weighted by Crippen LogP contribution is -2.15. The molecule has 0 atom stereocenters. The van der Waals surface area contributed by atoms with Crippen LogP contribution in [0, 0.1) is 6.92 Å². The highest BCUT2D eigenvalue weighted by atomic mass is 35.5. The summed E-state index contributed by atoms with van der Waals surface area (Å²) in [6.07, 6.45) is 1.61. The summed E-state index contributed by atoms with van der Waals surface area (Å²) in [6.45, 7) is 2.02. The standard InChI is InChI=1S/C21H15ClN4O3S/c1-12-23-9-19(25-20(27)14-4-7-17-18(8-14)29-11-28-17)26(12)21-24-16(10-30-21)13-2-5-15(22)6-3-13/h2-10H,11H2,1H3,(H,25,27). The number of hydrogen-bond acceptors (Lipinski definition) is 6. The molecule has 3 heterocycles. The summed E-state index contributed by atoms with van der Waals surface area (Å²) in [5.74, 6) is 2.16. The Kier molecular flexibility index (Phi) is 4.65. The van der Waals surface area contributed by atoms with Crippen molar-refractivity contribution in [2.45, 2.75) is 6.92 Å². The van der Waals surface area contributed by atoms with Gasteiger partial charge in [0.1, 0.15) is 11.6 Å². The maximum atomic E-state index is 12.8. The fraction of sp³-hybridized carbons (Fsp3) is 0.0952. The number of nitrogens with one attached hydrogen (secondary N) is 1. The lowest BCUT2D eigenvalue weighted by Gasteiger charge is -2.09. The fourth-order valence-corrected chi connectivity index (χ4v) is 4.14. The Bertz CT molecular complexity index is 1250. The number of amides is 1. The van der Waals surface area contributed by atoms with E-state index < -0.39 is 0 Å². The Morgan fingerprint density at radius 2 is 1.97 bits per heavy atom. The van der Waals surface area contributed by atoms with E-state index in [-0.39, 0.29) is 12.7 Å². The minimum atomic E-state index is -0.274. The number of aromatic nitrogens is 3. The molecule has 0 radical (unpaired) electrons. The molecule has 150 valence electrons. The first-order valence-corrected chi connectivity index (χ1v) is 10.3. The van der Waals surface area contributed by atoms with Crippen molar-refractivity contribution in [1.29, 1.82) is 0 Å². The van der Waals surface area contributed by atoms with Crippen molar-refractivity contribution >= 4 is 34.7 Å². The number of anilines is 1. The number of halogens is 1. The summed E-state index contributed by atoms with van der Waals surface area (Å²) in [7, 11) is 0. The number of imidazole rings is 1. The number of aryl methyl sites for hydroxylation is 1. The molecule has 1 N–H and O–H groups in total. The number of thiazole rings is 1. The number of rotatable bonds is 4. The van der Waals surface area contributed by atoms with E-state index in [2.05, 4.69) is 10.3 Å². The number of carbonyl (C=O) groups excluding carboxylic acids is 1. The van der Waals surface area contributed by atoms with Crippen LogP contribution in [0.1, 0.15) is 16.2 Å². The van der Waals surface area contributed by atoms with Crippen molar-refractivity contribution in [3.05, 3.63) is 70.5 Å². The molecule has 7 nitrogen and oxygen atoms in total. The molecule has 0 saturated carbocycles. The molecule has 0 spiro atoms. The van der Waals surface area contributed by atoms with E-state index in [9.17, 15) is 4.79 Å². The summed E-state index contributed by atoms with van der Waals surface area (Å²) < 4.78 is 12.5. The van der Waals surface area contributed by atoms with Gasteiger partial charge in [-0.25, -0.2) is 9.97 Å². The van der Waals surface area contributed by atoms with Crippen molar-refractivity contribution in [3.8, 4) is 27.9 Å². The molecule has 5 rings (SSSR count). The third kappa shape index (κ3) is 3.40. The molecule has 1 aliphatic rings. The Hall–Kier alpha value is -3.36. The van der Waals surface area contributed by atoms with Gasteiger partial charge in [0, 0.05) is 21.5 Å². The Balaban J connectivity index is 1.42. The zero-order valence-corrected chi connectivity index (χ0v) is 17.3. The second kappa shape index (κ2) is 7.47.